The van der Waals surface area contributed by atoms with Crippen molar-refractivity contribution in [1.82, 2.24) is 4.31 Å². The molecule has 0 amide bonds. The summed E-state index contributed by atoms with van der Waals surface area (Å²) >= 11 is 6.02. The fraction of sp³-hybridized carbons (Fsp3) is 0.538. The summed E-state index contributed by atoms with van der Waals surface area (Å²) in [5, 5.41) is 10.0. The minimum Gasteiger partial charge on any atom is -0.393 e. The van der Waals surface area contributed by atoms with Crippen LogP contribution in [-0.4, -0.2) is 36.0 Å². The van der Waals surface area contributed by atoms with E-state index >= 15 is 0 Å². The van der Waals surface area contributed by atoms with Gasteiger partial charge in [-0.1, -0.05) is 23.7 Å². The monoisotopic (exact) mass is 301 g/mol. The molecule has 6 heteroatoms. The lowest BCUT2D eigenvalue weighted by molar-refractivity contribution is 0.0769. The van der Waals surface area contributed by atoms with Crippen molar-refractivity contribution >= 4 is 21.6 Å². The number of sulfonamides is 1. The Balaban J connectivity index is 2.01. The van der Waals surface area contributed by atoms with Gasteiger partial charge in [-0.3, -0.25) is 0 Å². The Morgan fingerprint density at radius 3 is 2.32 bits per heavy atom. The molecule has 0 aromatic heterocycles. The second-order valence-electron chi connectivity index (χ2n) is 5.28. The summed E-state index contributed by atoms with van der Waals surface area (Å²) in [6.45, 7) is 0. The summed E-state index contributed by atoms with van der Waals surface area (Å²) < 4.78 is 27.0. The number of benzene rings is 1. The molecule has 4 nitrogen and oxygen atoms in total. The van der Waals surface area contributed by atoms with Crippen molar-refractivity contribution in [2.24, 2.45) is 0 Å². The third-order valence-electron chi connectivity index (χ3n) is 4.03. The number of halogens is 1. The minimum absolute atomic E-state index is 0.0879. The Kier molecular flexibility index (Phi) is 3.33. The van der Waals surface area contributed by atoms with E-state index in [-0.39, 0.29) is 28.1 Å². The topological polar surface area (TPSA) is 57.6 Å². The lowest BCUT2D eigenvalue weighted by atomic mass is 10.0. The fourth-order valence-corrected chi connectivity index (χ4v) is 5.65. The molecule has 1 aromatic carbocycles. The molecule has 2 atom stereocenters. The van der Waals surface area contributed by atoms with Crippen molar-refractivity contribution < 1.29 is 13.5 Å². The third kappa shape index (κ3) is 2.18. The molecular formula is C13H16ClNO3S. The minimum atomic E-state index is -3.56. The van der Waals surface area contributed by atoms with Gasteiger partial charge < -0.3 is 5.11 Å². The van der Waals surface area contributed by atoms with Crippen LogP contribution in [0.4, 0.5) is 0 Å². The van der Waals surface area contributed by atoms with Crippen LogP contribution in [0.25, 0.3) is 0 Å². The van der Waals surface area contributed by atoms with E-state index in [1.54, 1.807) is 28.6 Å². The maximum absolute atomic E-state index is 12.7. The van der Waals surface area contributed by atoms with Crippen LogP contribution >= 0.6 is 11.6 Å². The van der Waals surface area contributed by atoms with E-state index in [9.17, 15) is 13.5 Å². The molecule has 0 saturated carbocycles. The molecule has 1 aromatic rings. The lowest BCUT2D eigenvalue weighted by Crippen LogP contribution is -2.47. The first-order valence-electron chi connectivity index (χ1n) is 6.46. The highest BCUT2D eigenvalue weighted by Crippen LogP contribution is 2.40. The average Bonchev–Trinajstić information content (AvgIpc) is 2.63. The highest BCUT2D eigenvalue weighted by molar-refractivity contribution is 7.89. The zero-order valence-electron chi connectivity index (χ0n) is 10.4. The van der Waals surface area contributed by atoms with Crippen molar-refractivity contribution in [2.45, 2.75) is 48.8 Å². The predicted octanol–water partition coefficient (Wildman–Crippen LogP) is 2.02. The number of rotatable bonds is 2. The van der Waals surface area contributed by atoms with Gasteiger partial charge in [-0.15, -0.1) is 0 Å². The molecule has 3 rings (SSSR count). The Morgan fingerprint density at radius 2 is 1.74 bits per heavy atom. The Labute approximate surface area is 118 Å². The van der Waals surface area contributed by atoms with Crippen LogP contribution in [0.5, 0.6) is 0 Å². The zero-order valence-corrected chi connectivity index (χ0v) is 11.9. The summed E-state index contributed by atoms with van der Waals surface area (Å²) in [6, 6.07) is 6.36. The highest BCUT2D eigenvalue weighted by atomic mass is 35.5. The van der Waals surface area contributed by atoms with E-state index in [1.807, 2.05) is 0 Å². The van der Waals surface area contributed by atoms with Crippen LogP contribution in [0.15, 0.2) is 29.2 Å². The maximum Gasteiger partial charge on any atom is 0.245 e. The zero-order chi connectivity index (χ0) is 13.6. The molecule has 0 aliphatic carbocycles. The SMILES string of the molecule is O=S(=O)(c1ccccc1Cl)N1C2CCC1CC(O)C2. The highest BCUT2D eigenvalue weighted by Gasteiger charge is 2.47. The molecule has 2 heterocycles. The standard InChI is InChI=1S/C13H16ClNO3S/c14-12-3-1-2-4-13(12)19(17,18)15-9-5-6-10(15)8-11(16)7-9/h1-4,9-11,16H,5-8H2. The van der Waals surface area contributed by atoms with E-state index in [0.717, 1.165) is 12.8 Å². The van der Waals surface area contributed by atoms with Gasteiger partial charge in [-0.25, -0.2) is 8.42 Å². The van der Waals surface area contributed by atoms with Crippen LogP contribution in [0.3, 0.4) is 0 Å². The molecular weight excluding hydrogens is 286 g/mol. The average molecular weight is 302 g/mol. The number of aliphatic hydroxyl groups is 1. The number of fused-ring (bicyclic) bond motifs is 2. The number of piperidine rings is 1. The first kappa shape index (κ1) is 13.4. The summed E-state index contributed by atoms with van der Waals surface area (Å²) in [4.78, 5) is 0.171. The molecule has 0 spiro atoms. The molecule has 104 valence electrons. The van der Waals surface area contributed by atoms with Gasteiger partial charge in [-0.05, 0) is 37.8 Å². The van der Waals surface area contributed by atoms with E-state index < -0.39 is 10.0 Å². The molecule has 2 unspecified atom stereocenters. The largest absolute Gasteiger partial charge is 0.393 e. The van der Waals surface area contributed by atoms with Crippen LogP contribution < -0.4 is 0 Å². The molecule has 2 aliphatic rings. The van der Waals surface area contributed by atoms with Gasteiger partial charge in [-0.2, -0.15) is 4.31 Å². The quantitative estimate of drug-likeness (QED) is 0.909. The van der Waals surface area contributed by atoms with E-state index in [1.165, 1.54) is 0 Å². The summed E-state index contributed by atoms with van der Waals surface area (Å²) in [5.74, 6) is 0. The Bertz CT molecular complexity index is 575. The van der Waals surface area contributed by atoms with Crippen molar-refractivity contribution in [1.29, 1.82) is 0 Å². The molecule has 2 saturated heterocycles. The molecule has 2 bridgehead atoms. The van der Waals surface area contributed by atoms with Crippen LogP contribution in [0.2, 0.25) is 5.02 Å². The third-order valence-corrected chi connectivity index (χ3v) is 6.54. The summed E-state index contributed by atoms with van der Waals surface area (Å²) in [7, 11) is -3.56. The second kappa shape index (κ2) is 4.74. The van der Waals surface area contributed by atoms with Gasteiger partial charge in [0, 0.05) is 12.1 Å². The molecule has 19 heavy (non-hydrogen) atoms. The van der Waals surface area contributed by atoms with Gasteiger partial charge in [0.25, 0.3) is 0 Å². The number of hydrogen-bond donors (Lipinski definition) is 1. The first-order chi connectivity index (χ1) is 9.00. The normalized spacial score (nSPS) is 31.6. The van der Waals surface area contributed by atoms with Crippen molar-refractivity contribution in [3.05, 3.63) is 29.3 Å². The molecule has 0 radical (unpaired) electrons. The second-order valence-corrected chi connectivity index (χ2v) is 7.49. The first-order valence-corrected chi connectivity index (χ1v) is 8.28. The van der Waals surface area contributed by atoms with Gasteiger partial charge in [0.15, 0.2) is 0 Å². The smallest absolute Gasteiger partial charge is 0.245 e. The lowest BCUT2D eigenvalue weighted by Gasteiger charge is -2.36. The number of hydrogen-bond acceptors (Lipinski definition) is 3. The van der Waals surface area contributed by atoms with Crippen molar-refractivity contribution in [3.63, 3.8) is 0 Å². The summed E-state index contributed by atoms with van der Waals surface area (Å²) in [5.41, 5.74) is 0. The fourth-order valence-electron chi connectivity index (χ4n) is 3.27. The van der Waals surface area contributed by atoms with E-state index in [0.29, 0.717) is 12.8 Å². The van der Waals surface area contributed by atoms with Crippen molar-refractivity contribution in [3.8, 4) is 0 Å². The van der Waals surface area contributed by atoms with Crippen LogP contribution in [0.1, 0.15) is 25.7 Å². The summed E-state index contributed by atoms with van der Waals surface area (Å²) in [6.07, 6.45) is 2.33. The van der Waals surface area contributed by atoms with Gasteiger partial charge in [0.1, 0.15) is 4.90 Å². The van der Waals surface area contributed by atoms with E-state index in [4.69, 9.17) is 11.6 Å². The van der Waals surface area contributed by atoms with E-state index in [2.05, 4.69) is 0 Å². The Hall–Kier alpha value is -0.620. The number of aliphatic hydroxyl groups excluding tert-OH is 1. The maximum atomic E-state index is 12.7. The molecule has 1 N–H and O–H groups in total. The molecule has 2 fully saturated rings. The van der Waals surface area contributed by atoms with Gasteiger partial charge >= 0.3 is 0 Å². The van der Waals surface area contributed by atoms with Gasteiger partial charge in [0.2, 0.25) is 10.0 Å². The number of nitrogens with zero attached hydrogens (tertiary/aromatic N) is 1. The van der Waals surface area contributed by atoms with Crippen LogP contribution in [-0.2, 0) is 10.0 Å². The van der Waals surface area contributed by atoms with Crippen LogP contribution in [0, 0.1) is 0 Å². The van der Waals surface area contributed by atoms with Gasteiger partial charge in [0.05, 0.1) is 11.1 Å². The predicted molar refractivity (Wildman–Crippen MR) is 72.5 cm³/mol. The Morgan fingerprint density at radius 1 is 1.16 bits per heavy atom. The van der Waals surface area contributed by atoms with Crippen molar-refractivity contribution in [2.75, 3.05) is 0 Å². The molecule has 2 aliphatic heterocycles.